The Morgan fingerprint density at radius 3 is 2.71 bits per heavy atom. The van der Waals surface area contributed by atoms with Crippen molar-refractivity contribution in [1.82, 2.24) is 9.97 Å². The molecule has 1 aliphatic rings. The fourth-order valence-corrected chi connectivity index (χ4v) is 3.47. The summed E-state index contributed by atoms with van der Waals surface area (Å²) < 4.78 is 0.753. The summed E-state index contributed by atoms with van der Waals surface area (Å²) in [5, 5.41) is 10.7. The van der Waals surface area contributed by atoms with Crippen LogP contribution in [0.15, 0.2) is 27.5 Å². The summed E-state index contributed by atoms with van der Waals surface area (Å²) in [5.74, 6) is 0.249. The lowest BCUT2D eigenvalue weighted by Crippen LogP contribution is -2.17. The quantitative estimate of drug-likeness (QED) is 0.833. The van der Waals surface area contributed by atoms with E-state index in [0.717, 1.165) is 30.2 Å². The van der Waals surface area contributed by atoms with Crippen LogP contribution in [0, 0.1) is 0 Å². The zero-order valence-corrected chi connectivity index (χ0v) is 13.5. The highest BCUT2D eigenvalue weighted by molar-refractivity contribution is 9.10. The average Bonchev–Trinajstić information content (AvgIpc) is 2.94. The molecule has 1 aromatic carbocycles. The lowest BCUT2D eigenvalue weighted by molar-refractivity contribution is 0.436. The average molecular weight is 370 g/mol. The van der Waals surface area contributed by atoms with Crippen LogP contribution in [0.5, 0.6) is 5.88 Å². The van der Waals surface area contributed by atoms with E-state index < -0.39 is 0 Å². The summed E-state index contributed by atoms with van der Waals surface area (Å²) in [6.07, 6.45) is 4.04. The van der Waals surface area contributed by atoms with Gasteiger partial charge in [-0.3, -0.25) is 4.79 Å². The topological polar surface area (TPSA) is 66.0 Å². The van der Waals surface area contributed by atoms with E-state index in [1.165, 1.54) is 0 Å². The van der Waals surface area contributed by atoms with Crippen molar-refractivity contribution in [3.63, 3.8) is 0 Å². The predicted molar refractivity (Wildman–Crippen MR) is 85.9 cm³/mol. The van der Waals surface area contributed by atoms with Gasteiger partial charge in [-0.1, -0.05) is 40.4 Å². The van der Waals surface area contributed by atoms with E-state index in [2.05, 4.69) is 25.9 Å². The van der Waals surface area contributed by atoms with E-state index in [1.54, 1.807) is 18.2 Å². The van der Waals surface area contributed by atoms with Crippen molar-refractivity contribution in [3.8, 4) is 17.3 Å². The molecule has 0 bridgehead atoms. The molecule has 0 saturated heterocycles. The van der Waals surface area contributed by atoms with Crippen LogP contribution in [0.1, 0.15) is 37.2 Å². The standard InChI is InChI=1S/C15H14BrClN2O2/c16-11-6-5-9(17)7-10(11)13-18-14(20)12(15(21)19-13)8-3-1-2-4-8/h5-8H,1-4H2,(H2,18,19,20,21). The van der Waals surface area contributed by atoms with Gasteiger partial charge in [-0.05, 0) is 37.0 Å². The van der Waals surface area contributed by atoms with Crippen LogP contribution in [0.4, 0.5) is 0 Å². The second-order valence-corrected chi connectivity index (χ2v) is 6.55. The molecule has 4 nitrogen and oxygen atoms in total. The Bertz CT molecular complexity index is 739. The molecule has 1 heterocycles. The van der Waals surface area contributed by atoms with Gasteiger partial charge < -0.3 is 10.1 Å². The summed E-state index contributed by atoms with van der Waals surface area (Å²) in [5.41, 5.74) is 0.790. The lowest BCUT2D eigenvalue weighted by atomic mass is 10.00. The van der Waals surface area contributed by atoms with Gasteiger partial charge in [-0.25, -0.2) is 0 Å². The monoisotopic (exact) mass is 368 g/mol. The Balaban J connectivity index is 2.10. The van der Waals surface area contributed by atoms with Crippen molar-refractivity contribution in [2.24, 2.45) is 0 Å². The van der Waals surface area contributed by atoms with Gasteiger partial charge in [0.15, 0.2) is 0 Å². The molecule has 0 amide bonds. The number of aromatic amines is 1. The highest BCUT2D eigenvalue weighted by Crippen LogP contribution is 2.36. The predicted octanol–water partition coefficient (Wildman–Crippen LogP) is 4.22. The molecule has 21 heavy (non-hydrogen) atoms. The maximum atomic E-state index is 12.3. The molecular weight excluding hydrogens is 356 g/mol. The first-order valence-corrected chi connectivity index (χ1v) is 8.02. The third-order valence-corrected chi connectivity index (χ3v) is 4.81. The molecule has 6 heteroatoms. The fraction of sp³-hybridized carbons (Fsp3) is 0.333. The number of hydrogen-bond acceptors (Lipinski definition) is 3. The number of benzene rings is 1. The zero-order chi connectivity index (χ0) is 15.0. The number of aromatic nitrogens is 2. The third-order valence-electron chi connectivity index (χ3n) is 3.88. The van der Waals surface area contributed by atoms with Crippen molar-refractivity contribution >= 4 is 27.5 Å². The lowest BCUT2D eigenvalue weighted by Gasteiger charge is -2.11. The molecule has 110 valence electrons. The number of nitrogens with one attached hydrogen (secondary N) is 1. The van der Waals surface area contributed by atoms with Gasteiger partial charge in [0, 0.05) is 15.1 Å². The second-order valence-electron chi connectivity index (χ2n) is 5.26. The van der Waals surface area contributed by atoms with E-state index in [1.807, 2.05) is 0 Å². The number of halogens is 2. The first-order valence-electron chi connectivity index (χ1n) is 6.85. The molecule has 1 aliphatic carbocycles. The highest BCUT2D eigenvalue weighted by atomic mass is 79.9. The van der Waals surface area contributed by atoms with E-state index in [4.69, 9.17) is 11.6 Å². The number of hydrogen-bond donors (Lipinski definition) is 2. The Labute approximate surface area is 135 Å². The second kappa shape index (κ2) is 5.81. The molecular formula is C15H14BrClN2O2. The summed E-state index contributed by atoms with van der Waals surface area (Å²) >= 11 is 9.38. The normalized spacial score (nSPS) is 15.5. The van der Waals surface area contributed by atoms with Crippen LogP contribution in [0.25, 0.3) is 11.4 Å². The maximum absolute atomic E-state index is 12.3. The van der Waals surface area contributed by atoms with Gasteiger partial charge in [0.25, 0.3) is 5.56 Å². The van der Waals surface area contributed by atoms with Gasteiger partial charge in [-0.2, -0.15) is 4.98 Å². The van der Waals surface area contributed by atoms with Crippen LogP contribution < -0.4 is 5.56 Å². The Morgan fingerprint density at radius 1 is 1.33 bits per heavy atom. The van der Waals surface area contributed by atoms with E-state index in [9.17, 15) is 9.90 Å². The third kappa shape index (κ3) is 2.85. The van der Waals surface area contributed by atoms with Gasteiger partial charge >= 0.3 is 0 Å². The maximum Gasteiger partial charge on any atom is 0.258 e. The summed E-state index contributed by atoms with van der Waals surface area (Å²) in [6.45, 7) is 0. The molecule has 0 aliphatic heterocycles. The molecule has 1 saturated carbocycles. The molecule has 0 radical (unpaired) electrons. The molecule has 1 fully saturated rings. The molecule has 2 N–H and O–H groups in total. The van der Waals surface area contributed by atoms with Crippen LogP contribution in [-0.4, -0.2) is 15.1 Å². The van der Waals surface area contributed by atoms with Crippen LogP contribution in [-0.2, 0) is 0 Å². The van der Waals surface area contributed by atoms with Crippen LogP contribution >= 0.6 is 27.5 Å². The Kier molecular flexibility index (Phi) is 4.04. The fourth-order valence-electron chi connectivity index (χ4n) is 2.86. The van der Waals surface area contributed by atoms with Crippen molar-refractivity contribution in [2.45, 2.75) is 31.6 Å². The van der Waals surface area contributed by atoms with E-state index >= 15 is 0 Å². The molecule has 3 rings (SSSR count). The summed E-state index contributed by atoms with van der Waals surface area (Å²) in [4.78, 5) is 19.2. The first kappa shape index (κ1) is 14.6. The van der Waals surface area contributed by atoms with E-state index in [-0.39, 0.29) is 17.4 Å². The number of H-pyrrole nitrogens is 1. The molecule has 2 aromatic rings. The number of aromatic hydroxyl groups is 1. The molecule has 0 spiro atoms. The van der Waals surface area contributed by atoms with E-state index in [0.29, 0.717) is 22.0 Å². The van der Waals surface area contributed by atoms with Crippen LogP contribution in [0.3, 0.4) is 0 Å². The zero-order valence-electron chi connectivity index (χ0n) is 11.2. The van der Waals surface area contributed by atoms with Gasteiger partial charge in [-0.15, -0.1) is 0 Å². The van der Waals surface area contributed by atoms with Crippen molar-refractivity contribution in [3.05, 3.63) is 43.6 Å². The SMILES string of the molecule is O=c1[nH]c(-c2cc(Cl)ccc2Br)nc(O)c1C1CCCC1. The van der Waals surface area contributed by atoms with Gasteiger partial charge in [0.05, 0.1) is 5.56 Å². The minimum Gasteiger partial charge on any atom is -0.493 e. The van der Waals surface area contributed by atoms with Crippen molar-refractivity contribution in [2.75, 3.05) is 0 Å². The minimum absolute atomic E-state index is 0.109. The van der Waals surface area contributed by atoms with Gasteiger partial charge in [0.1, 0.15) is 5.82 Å². The number of rotatable bonds is 2. The van der Waals surface area contributed by atoms with Crippen LogP contribution in [0.2, 0.25) is 5.02 Å². The van der Waals surface area contributed by atoms with Gasteiger partial charge in [0.2, 0.25) is 5.88 Å². The Morgan fingerprint density at radius 2 is 2.05 bits per heavy atom. The summed E-state index contributed by atoms with van der Waals surface area (Å²) in [6, 6.07) is 5.21. The Hall–Kier alpha value is -1.33. The smallest absolute Gasteiger partial charge is 0.258 e. The van der Waals surface area contributed by atoms with Crippen molar-refractivity contribution in [1.29, 1.82) is 0 Å². The van der Waals surface area contributed by atoms with Crippen molar-refractivity contribution < 1.29 is 5.11 Å². The molecule has 1 aromatic heterocycles. The minimum atomic E-state index is -0.267. The summed E-state index contributed by atoms with van der Waals surface area (Å²) in [7, 11) is 0. The molecule has 0 atom stereocenters. The number of nitrogens with zero attached hydrogens (tertiary/aromatic N) is 1. The molecule has 0 unspecified atom stereocenters. The largest absolute Gasteiger partial charge is 0.493 e. The first-order chi connectivity index (χ1) is 10.1. The highest BCUT2D eigenvalue weighted by Gasteiger charge is 2.25.